The molecule has 23 heavy (non-hydrogen) atoms. The molecule has 0 bridgehead atoms. The van der Waals surface area contributed by atoms with E-state index >= 15 is 0 Å². The first kappa shape index (κ1) is 15.8. The van der Waals surface area contributed by atoms with Crippen LogP contribution in [0.5, 0.6) is 5.75 Å². The Morgan fingerprint density at radius 3 is 2.35 bits per heavy atom. The molecule has 0 aliphatic carbocycles. The van der Waals surface area contributed by atoms with Crippen LogP contribution in [0.25, 0.3) is 0 Å². The van der Waals surface area contributed by atoms with E-state index < -0.39 is 0 Å². The second-order valence-corrected chi connectivity index (χ2v) is 6.71. The normalized spacial score (nSPS) is 19.9. The second-order valence-electron chi connectivity index (χ2n) is 6.71. The van der Waals surface area contributed by atoms with Gasteiger partial charge in [0.05, 0.1) is 7.11 Å². The summed E-state index contributed by atoms with van der Waals surface area (Å²) in [5.74, 6) is 0.941. The highest BCUT2D eigenvalue weighted by atomic mass is 16.5. The maximum Gasteiger partial charge on any atom is 0.254 e. The van der Waals surface area contributed by atoms with Gasteiger partial charge in [-0.1, -0.05) is 6.07 Å². The number of benzene rings is 1. The average molecular weight is 316 g/mol. The van der Waals surface area contributed by atoms with Gasteiger partial charge in [-0.15, -0.1) is 0 Å². The molecule has 1 aromatic rings. The van der Waals surface area contributed by atoms with Gasteiger partial charge in [0, 0.05) is 38.7 Å². The third kappa shape index (κ3) is 3.19. The van der Waals surface area contributed by atoms with E-state index in [2.05, 4.69) is 0 Å². The number of methoxy groups -OCH3 is 1. The lowest BCUT2D eigenvalue weighted by atomic mass is 9.78. The summed E-state index contributed by atoms with van der Waals surface area (Å²) >= 11 is 0. The van der Waals surface area contributed by atoms with Crippen molar-refractivity contribution < 1.29 is 14.3 Å². The fraction of sp³-hybridized carbons (Fsp3) is 0.556. The minimum atomic E-state index is 0.0785. The van der Waals surface area contributed by atoms with Gasteiger partial charge in [-0.2, -0.15) is 0 Å². The lowest BCUT2D eigenvalue weighted by molar-refractivity contribution is -0.131. The van der Waals surface area contributed by atoms with Gasteiger partial charge in [0.2, 0.25) is 5.91 Å². The van der Waals surface area contributed by atoms with Crippen molar-refractivity contribution in [2.24, 2.45) is 5.41 Å². The van der Waals surface area contributed by atoms with Gasteiger partial charge in [0.25, 0.3) is 5.91 Å². The van der Waals surface area contributed by atoms with E-state index in [0.29, 0.717) is 11.3 Å². The fourth-order valence-corrected chi connectivity index (χ4v) is 3.75. The Labute approximate surface area is 137 Å². The number of rotatable bonds is 2. The van der Waals surface area contributed by atoms with E-state index in [9.17, 15) is 9.59 Å². The number of piperidine rings is 1. The van der Waals surface area contributed by atoms with Gasteiger partial charge in [0.1, 0.15) is 5.75 Å². The monoisotopic (exact) mass is 316 g/mol. The van der Waals surface area contributed by atoms with E-state index in [1.807, 2.05) is 28.0 Å². The Morgan fingerprint density at radius 2 is 1.74 bits per heavy atom. The van der Waals surface area contributed by atoms with Crippen LogP contribution < -0.4 is 4.74 Å². The summed E-state index contributed by atoms with van der Waals surface area (Å²) in [6.07, 6.45) is 3.03. The first-order valence-electron chi connectivity index (χ1n) is 8.22. The molecule has 2 heterocycles. The number of hydrogen-bond donors (Lipinski definition) is 0. The number of ether oxygens (including phenoxy) is 1. The van der Waals surface area contributed by atoms with Crippen LogP contribution in [-0.2, 0) is 4.79 Å². The van der Waals surface area contributed by atoms with E-state index in [1.165, 1.54) is 0 Å². The molecule has 2 aliphatic heterocycles. The van der Waals surface area contributed by atoms with Gasteiger partial charge in [0.15, 0.2) is 0 Å². The van der Waals surface area contributed by atoms with Crippen molar-refractivity contribution in [2.75, 3.05) is 33.3 Å². The molecule has 124 valence electrons. The van der Waals surface area contributed by atoms with Gasteiger partial charge in [-0.25, -0.2) is 0 Å². The zero-order valence-electron chi connectivity index (χ0n) is 13.9. The zero-order chi connectivity index (χ0) is 16.4. The summed E-state index contributed by atoms with van der Waals surface area (Å²) in [6, 6.07) is 7.34. The molecule has 0 saturated carbocycles. The molecule has 0 N–H and O–H groups in total. The van der Waals surface area contributed by atoms with Crippen LogP contribution in [0, 0.1) is 5.41 Å². The van der Waals surface area contributed by atoms with Gasteiger partial charge >= 0.3 is 0 Å². The summed E-state index contributed by atoms with van der Waals surface area (Å²) in [5, 5.41) is 0. The standard InChI is InChI=1S/C18H24N2O3/c1-14(21)19-9-6-18(7-10-19)8-11-20(13-18)17(22)15-4-3-5-16(12-15)23-2/h3-5,12H,6-11,13H2,1-2H3. The summed E-state index contributed by atoms with van der Waals surface area (Å²) in [6.45, 7) is 4.86. The molecule has 0 unspecified atom stereocenters. The lowest BCUT2D eigenvalue weighted by Crippen LogP contribution is -2.43. The summed E-state index contributed by atoms with van der Waals surface area (Å²) in [7, 11) is 1.61. The summed E-state index contributed by atoms with van der Waals surface area (Å²) < 4.78 is 5.20. The first-order valence-corrected chi connectivity index (χ1v) is 8.22. The highest BCUT2D eigenvalue weighted by Gasteiger charge is 2.42. The second kappa shape index (κ2) is 6.22. The van der Waals surface area contributed by atoms with E-state index in [0.717, 1.165) is 45.4 Å². The van der Waals surface area contributed by atoms with Gasteiger partial charge in [-0.05, 0) is 42.9 Å². The van der Waals surface area contributed by atoms with Crippen molar-refractivity contribution in [1.29, 1.82) is 0 Å². The third-order valence-electron chi connectivity index (χ3n) is 5.31. The summed E-state index contributed by atoms with van der Waals surface area (Å²) in [4.78, 5) is 28.1. The number of carbonyl (C=O) groups excluding carboxylic acids is 2. The lowest BCUT2D eigenvalue weighted by Gasteiger charge is -2.38. The van der Waals surface area contributed by atoms with Crippen LogP contribution in [0.15, 0.2) is 24.3 Å². The molecule has 3 rings (SSSR count). The molecule has 5 heteroatoms. The molecule has 5 nitrogen and oxygen atoms in total. The predicted octanol–water partition coefficient (Wildman–Crippen LogP) is 2.17. The Morgan fingerprint density at radius 1 is 1.09 bits per heavy atom. The molecule has 2 fully saturated rings. The Bertz CT molecular complexity index is 606. The zero-order valence-corrected chi connectivity index (χ0v) is 13.9. The minimum absolute atomic E-state index is 0.0785. The molecule has 0 atom stereocenters. The van der Waals surface area contributed by atoms with Crippen LogP contribution in [0.4, 0.5) is 0 Å². The minimum Gasteiger partial charge on any atom is -0.497 e. The Kier molecular flexibility index (Phi) is 4.28. The molecule has 2 aliphatic rings. The molecule has 2 saturated heterocycles. The number of amides is 2. The smallest absolute Gasteiger partial charge is 0.254 e. The van der Waals surface area contributed by atoms with Crippen molar-refractivity contribution >= 4 is 11.8 Å². The molecule has 0 aromatic heterocycles. The van der Waals surface area contributed by atoms with Crippen molar-refractivity contribution in [2.45, 2.75) is 26.2 Å². The molecular weight excluding hydrogens is 292 g/mol. The van der Waals surface area contributed by atoms with E-state index in [-0.39, 0.29) is 17.2 Å². The molecular formula is C18H24N2O3. The molecule has 2 amide bonds. The van der Waals surface area contributed by atoms with Crippen LogP contribution in [-0.4, -0.2) is 54.9 Å². The number of nitrogens with zero attached hydrogens (tertiary/aromatic N) is 2. The molecule has 1 aromatic carbocycles. The number of likely N-dealkylation sites (tertiary alicyclic amines) is 2. The van der Waals surface area contributed by atoms with Crippen LogP contribution in [0.1, 0.15) is 36.5 Å². The SMILES string of the molecule is COc1cccc(C(=O)N2CCC3(CCN(C(C)=O)CC3)C2)c1. The van der Waals surface area contributed by atoms with Crippen molar-refractivity contribution in [3.05, 3.63) is 29.8 Å². The quantitative estimate of drug-likeness (QED) is 0.840. The maximum atomic E-state index is 12.7. The highest BCUT2D eigenvalue weighted by molar-refractivity contribution is 5.94. The van der Waals surface area contributed by atoms with E-state index in [1.54, 1.807) is 20.1 Å². The van der Waals surface area contributed by atoms with Crippen molar-refractivity contribution in [3.63, 3.8) is 0 Å². The first-order chi connectivity index (χ1) is 11.0. The van der Waals surface area contributed by atoms with Crippen LogP contribution >= 0.6 is 0 Å². The van der Waals surface area contributed by atoms with Gasteiger partial charge < -0.3 is 14.5 Å². The van der Waals surface area contributed by atoms with Crippen LogP contribution in [0.3, 0.4) is 0 Å². The van der Waals surface area contributed by atoms with Crippen molar-refractivity contribution in [3.8, 4) is 5.75 Å². The Balaban J connectivity index is 1.65. The van der Waals surface area contributed by atoms with E-state index in [4.69, 9.17) is 4.74 Å². The maximum absolute atomic E-state index is 12.7. The highest BCUT2D eigenvalue weighted by Crippen LogP contribution is 2.40. The van der Waals surface area contributed by atoms with Gasteiger partial charge in [-0.3, -0.25) is 9.59 Å². The van der Waals surface area contributed by atoms with Crippen molar-refractivity contribution in [1.82, 2.24) is 9.80 Å². The number of carbonyl (C=O) groups is 2. The predicted molar refractivity (Wildman–Crippen MR) is 87.4 cm³/mol. The third-order valence-corrected chi connectivity index (χ3v) is 5.31. The average Bonchev–Trinajstić information content (AvgIpc) is 2.98. The largest absolute Gasteiger partial charge is 0.497 e. The summed E-state index contributed by atoms with van der Waals surface area (Å²) in [5.41, 5.74) is 0.878. The van der Waals surface area contributed by atoms with Crippen LogP contribution in [0.2, 0.25) is 0 Å². The fourth-order valence-electron chi connectivity index (χ4n) is 3.75. The molecule has 1 spiro atoms. The Hall–Kier alpha value is -2.04. The topological polar surface area (TPSA) is 49.9 Å². The number of hydrogen-bond acceptors (Lipinski definition) is 3. The molecule has 0 radical (unpaired) electrons.